The highest BCUT2D eigenvalue weighted by molar-refractivity contribution is 5.95. The molecule has 15 heavy (non-hydrogen) atoms. The van der Waals surface area contributed by atoms with E-state index in [9.17, 15) is 4.79 Å². The van der Waals surface area contributed by atoms with Crippen LogP contribution in [0.4, 0.5) is 0 Å². The van der Waals surface area contributed by atoms with Crippen molar-refractivity contribution in [2.45, 2.75) is 59.3 Å². The van der Waals surface area contributed by atoms with Crippen molar-refractivity contribution in [1.29, 1.82) is 0 Å². The van der Waals surface area contributed by atoms with E-state index in [2.05, 4.69) is 20.8 Å². The van der Waals surface area contributed by atoms with E-state index in [1.807, 2.05) is 6.08 Å². The van der Waals surface area contributed by atoms with Gasteiger partial charge in [0.15, 0.2) is 5.78 Å². The highest BCUT2D eigenvalue weighted by Gasteiger charge is 2.27. The molecule has 0 radical (unpaired) electrons. The second-order valence-electron chi connectivity index (χ2n) is 5.07. The lowest BCUT2D eigenvalue weighted by Crippen LogP contribution is -2.13. The Bertz CT molecular complexity index is 238. The first-order valence-corrected chi connectivity index (χ1v) is 6.38. The number of allylic oxidation sites excluding steroid dienone is 2. The van der Waals surface area contributed by atoms with E-state index in [1.54, 1.807) is 0 Å². The fraction of sp³-hybridized carbons (Fsp3) is 0.786. The van der Waals surface area contributed by atoms with Crippen LogP contribution in [0.2, 0.25) is 0 Å². The molecule has 0 aromatic heterocycles. The van der Waals surface area contributed by atoms with Crippen LogP contribution in [-0.2, 0) is 4.79 Å². The molecule has 0 aromatic rings. The maximum atomic E-state index is 11.6. The molecule has 0 aliphatic heterocycles. The molecule has 1 aliphatic carbocycles. The van der Waals surface area contributed by atoms with Gasteiger partial charge in [0.1, 0.15) is 0 Å². The minimum absolute atomic E-state index is 0.283. The molecule has 1 aliphatic rings. The minimum Gasteiger partial charge on any atom is -0.295 e. The summed E-state index contributed by atoms with van der Waals surface area (Å²) in [6.07, 6.45) is 9.28. The third-order valence-electron chi connectivity index (χ3n) is 3.35. The van der Waals surface area contributed by atoms with Crippen LogP contribution in [0.15, 0.2) is 11.6 Å². The van der Waals surface area contributed by atoms with E-state index in [1.165, 1.54) is 31.3 Å². The minimum atomic E-state index is 0.283. The largest absolute Gasteiger partial charge is 0.295 e. The summed E-state index contributed by atoms with van der Waals surface area (Å²) < 4.78 is 0. The maximum absolute atomic E-state index is 11.6. The fourth-order valence-electron chi connectivity index (χ4n) is 2.27. The average molecular weight is 208 g/mol. The molecule has 0 spiro atoms. The van der Waals surface area contributed by atoms with Crippen molar-refractivity contribution in [2.24, 2.45) is 11.8 Å². The summed E-state index contributed by atoms with van der Waals surface area (Å²) in [5, 5.41) is 0. The zero-order valence-electron chi connectivity index (χ0n) is 10.4. The number of ketones is 1. The molecule has 0 amide bonds. The third kappa shape index (κ3) is 3.81. The van der Waals surface area contributed by atoms with Gasteiger partial charge in [-0.1, -0.05) is 45.6 Å². The molecule has 1 heteroatoms. The van der Waals surface area contributed by atoms with Crippen LogP contribution in [0.5, 0.6) is 0 Å². The Labute approximate surface area is 93.9 Å². The van der Waals surface area contributed by atoms with Crippen LogP contribution in [0, 0.1) is 11.8 Å². The summed E-state index contributed by atoms with van der Waals surface area (Å²) in [7, 11) is 0. The van der Waals surface area contributed by atoms with Gasteiger partial charge in [0.25, 0.3) is 0 Å². The topological polar surface area (TPSA) is 17.1 Å². The second kappa shape index (κ2) is 6.09. The predicted octanol–water partition coefficient (Wildman–Crippen LogP) is 4.13. The van der Waals surface area contributed by atoms with Crippen molar-refractivity contribution in [3.05, 3.63) is 11.6 Å². The lowest BCUT2D eigenvalue weighted by atomic mass is 9.91. The van der Waals surface area contributed by atoms with Crippen LogP contribution >= 0.6 is 0 Å². The van der Waals surface area contributed by atoms with Crippen LogP contribution < -0.4 is 0 Å². The van der Waals surface area contributed by atoms with Crippen LogP contribution in [0.1, 0.15) is 59.3 Å². The van der Waals surface area contributed by atoms with Crippen molar-refractivity contribution < 1.29 is 4.79 Å². The number of hydrogen-bond acceptors (Lipinski definition) is 1. The van der Waals surface area contributed by atoms with Crippen molar-refractivity contribution in [2.75, 3.05) is 0 Å². The number of rotatable bonds is 6. The molecular formula is C14H24O. The Morgan fingerprint density at radius 2 is 2.07 bits per heavy atom. The van der Waals surface area contributed by atoms with Crippen LogP contribution in [-0.4, -0.2) is 5.78 Å². The first-order valence-electron chi connectivity index (χ1n) is 6.38. The van der Waals surface area contributed by atoms with Crippen molar-refractivity contribution >= 4 is 5.78 Å². The third-order valence-corrected chi connectivity index (χ3v) is 3.35. The molecule has 1 nitrogen and oxygen atoms in total. The molecule has 0 saturated carbocycles. The normalized spacial score (nSPS) is 21.2. The summed E-state index contributed by atoms with van der Waals surface area (Å²) in [6.45, 7) is 6.53. The van der Waals surface area contributed by atoms with Gasteiger partial charge >= 0.3 is 0 Å². The monoisotopic (exact) mass is 208 g/mol. The smallest absolute Gasteiger partial charge is 0.159 e. The van der Waals surface area contributed by atoms with Gasteiger partial charge in [0.2, 0.25) is 0 Å². The highest BCUT2D eigenvalue weighted by atomic mass is 16.1. The Hall–Kier alpha value is -0.590. The standard InChI is InChI=1S/C14H24O/c1-4-5-6-7-8-12-9-13(11(2)3)14(15)10-12/h10-11,13H,4-9H2,1-3H3. The quantitative estimate of drug-likeness (QED) is 0.600. The predicted molar refractivity (Wildman–Crippen MR) is 64.8 cm³/mol. The number of carbonyl (C=O) groups is 1. The Kier molecular flexibility index (Phi) is 5.07. The zero-order valence-corrected chi connectivity index (χ0v) is 10.4. The first kappa shape index (κ1) is 12.5. The van der Waals surface area contributed by atoms with E-state index in [4.69, 9.17) is 0 Å². The molecular weight excluding hydrogens is 184 g/mol. The average Bonchev–Trinajstić information content (AvgIpc) is 2.55. The molecule has 0 bridgehead atoms. The summed E-state index contributed by atoms with van der Waals surface area (Å²) in [6, 6.07) is 0. The highest BCUT2D eigenvalue weighted by Crippen LogP contribution is 2.30. The van der Waals surface area contributed by atoms with Gasteiger partial charge in [-0.15, -0.1) is 0 Å². The fourth-order valence-corrected chi connectivity index (χ4v) is 2.27. The molecule has 1 unspecified atom stereocenters. The molecule has 0 aromatic carbocycles. The molecule has 0 saturated heterocycles. The molecule has 1 atom stereocenters. The van der Waals surface area contributed by atoms with Gasteiger partial charge in [-0.3, -0.25) is 4.79 Å². The lowest BCUT2D eigenvalue weighted by molar-refractivity contribution is -0.118. The van der Waals surface area contributed by atoms with Crippen molar-refractivity contribution in [1.82, 2.24) is 0 Å². The van der Waals surface area contributed by atoms with Gasteiger partial charge in [-0.05, 0) is 31.3 Å². The SMILES string of the molecule is CCCCCCC1=CC(=O)C(C(C)C)C1. The van der Waals surface area contributed by atoms with E-state index in [-0.39, 0.29) is 5.92 Å². The molecule has 0 heterocycles. The summed E-state index contributed by atoms with van der Waals surface area (Å²) in [4.78, 5) is 11.6. The lowest BCUT2D eigenvalue weighted by Gasteiger charge is -2.12. The van der Waals surface area contributed by atoms with Crippen molar-refractivity contribution in [3.8, 4) is 0 Å². The summed E-state index contributed by atoms with van der Waals surface area (Å²) >= 11 is 0. The van der Waals surface area contributed by atoms with Gasteiger partial charge in [-0.2, -0.15) is 0 Å². The van der Waals surface area contributed by atoms with E-state index in [0.29, 0.717) is 11.7 Å². The molecule has 0 fully saturated rings. The summed E-state index contributed by atoms with van der Waals surface area (Å²) in [5.74, 6) is 1.16. The van der Waals surface area contributed by atoms with Gasteiger partial charge in [0, 0.05) is 5.92 Å². The van der Waals surface area contributed by atoms with E-state index >= 15 is 0 Å². The molecule has 86 valence electrons. The molecule has 1 rings (SSSR count). The number of carbonyl (C=O) groups excluding carboxylic acids is 1. The van der Waals surface area contributed by atoms with Gasteiger partial charge in [0.05, 0.1) is 0 Å². The van der Waals surface area contributed by atoms with Crippen molar-refractivity contribution in [3.63, 3.8) is 0 Å². The van der Waals surface area contributed by atoms with Gasteiger partial charge < -0.3 is 0 Å². The van der Waals surface area contributed by atoms with Gasteiger partial charge in [-0.25, -0.2) is 0 Å². The zero-order chi connectivity index (χ0) is 11.3. The first-order chi connectivity index (χ1) is 7.15. The number of hydrogen-bond donors (Lipinski definition) is 0. The van der Waals surface area contributed by atoms with Crippen LogP contribution in [0.25, 0.3) is 0 Å². The number of unbranched alkanes of at least 4 members (excludes halogenated alkanes) is 3. The Balaban J connectivity index is 2.27. The Morgan fingerprint density at radius 1 is 1.33 bits per heavy atom. The maximum Gasteiger partial charge on any atom is 0.159 e. The van der Waals surface area contributed by atoms with E-state index in [0.717, 1.165) is 12.8 Å². The Morgan fingerprint density at radius 3 is 2.60 bits per heavy atom. The summed E-state index contributed by atoms with van der Waals surface area (Å²) in [5.41, 5.74) is 1.40. The second-order valence-corrected chi connectivity index (χ2v) is 5.07. The van der Waals surface area contributed by atoms with Crippen LogP contribution in [0.3, 0.4) is 0 Å². The molecule has 0 N–H and O–H groups in total. The van der Waals surface area contributed by atoms with E-state index < -0.39 is 0 Å².